The van der Waals surface area contributed by atoms with Crippen LogP contribution in [0.5, 0.6) is 0 Å². The lowest BCUT2D eigenvalue weighted by Crippen LogP contribution is -2.37. The molecule has 24 heavy (non-hydrogen) atoms. The quantitative estimate of drug-likeness (QED) is 0.774. The van der Waals surface area contributed by atoms with Crippen LogP contribution in [0.3, 0.4) is 0 Å². The summed E-state index contributed by atoms with van der Waals surface area (Å²) in [5, 5.41) is 0. The lowest BCUT2D eigenvalue weighted by atomic mass is 10.1. The molecule has 4 nitrogen and oxygen atoms in total. The van der Waals surface area contributed by atoms with E-state index < -0.39 is 15.8 Å². The molecule has 0 aliphatic carbocycles. The summed E-state index contributed by atoms with van der Waals surface area (Å²) in [5.41, 5.74) is 7.05. The molecule has 2 rings (SSSR count). The van der Waals surface area contributed by atoms with Crippen LogP contribution in [0.4, 0.5) is 4.39 Å². The highest BCUT2D eigenvalue weighted by Crippen LogP contribution is 2.13. The van der Waals surface area contributed by atoms with Gasteiger partial charge in [0.15, 0.2) is 0 Å². The topological polar surface area (TPSA) is 63.4 Å². The van der Waals surface area contributed by atoms with Gasteiger partial charge in [0.2, 0.25) is 10.0 Å². The maximum absolute atomic E-state index is 13.2. The first-order chi connectivity index (χ1) is 11.0. The normalized spacial score (nSPS) is 11.3. The van der Waals surface area contributed by atoms with Gasteiger partial charge in [-0.05, 0) is 29.7 Å². The van der Waals surface area contributed by atoms with Crippen molar-refractivity contribution in [2.75, 3.05) is 19.6 Å². The highest BCUT2D eigenvalue weighted by molar-refractivity contribution is 7.88. The summed E-state index contributed by atoms with van der Waals surface area (Å²) < 4.78 is 39.8. The predicted molar refractivity (Wildman–Crippen MR) is 97.0 cm³/mol. The second kappa shape index (κ2) is 9.74. The highest BCUT2D eigenvalue weighted by Gasteiger charge is 2.21. The van der Waals surface area contributed by atoms with Crippen LogP contribution >= 0.6 is 12.4 Å². The first kappa shape index (κ1) is 20.6. The third-order valence-corrected chi connectivity index (χ3v) is 5.35. The Hall–Kier alpha value is -1.47. The number of sulfonamides is 1. The lowest BCUT2D eigenvalue weighted by Gasteiger charge is -2.21. The van der Waals surface area contributed by atoms with Gasteiger partial charge in [-0.1, -0.05) is 42.5 Å². The Morgan fingerprint density at radius 1 is 0.958 bits per heavy atom. The maximum Gasteiger partial charge on any atom is 0.218 e. The average Bonchev–Trinajstić information content (AvgIpc) is 2.52. The molecule has 0 unspecified atom stereocenters. The molecule has 2 aromatic carbocycles. The highest BCUT2D eigenvalue weighted by atomic mass is 35.5. The van der Waals surface area contributed by atoms with E-state index in [2.05, 4.69) is 0 Å². The second-order valence-corrected chi connectivity index (χ2v) is 7.28. The van der Waals surface area contributed by atoms with Gasteiger partial charge in [0.05, 0.1) is 5.75 Å². The molecule has 2 aromatic rings. The fraction of sp³-hybridized carbons (Fsp3) is 0.294. The van der Waals surface area contributed by atoms with Crippen molar-refractivity contribution in [3.8, 4) is 0 Å². The Bertz CT molecular complexity index is 726. The van der Waals surface area contributed by atoms with Crippen molar-refractivity contribution >= 4 is 22.4 Å². The standard InChI is InChI=1S/C17H21FN2O2S.ClH/c18-17-8-4-7-16(13-17)14-23(21,22)20(12-10-19)11-9-15-5-2-1-3-6-15;/h1-8,13H,9-12,14,19H2;1H. The van der Waals surface area contributed by atoms with Gasteiger partial charge in [0, 0.05) is 19.6 Å². The van der Waals surface area contributed by atoms with E-state index in [1.54, 1.807) is 6.07 Å². The fourth-order valence-electron chi connectivity index (χ4n) is 2.36. The minimum atomic E-state index is -3.54. The summed E-state index contributed by atoms with van der Waals surface area (Å²) in [5.74, 6) is -0.660. The second-order valence-electron chi connectivity index (χ2n) is 5.31. The first-order valence-corrected chi connectivity index (χ1v) is 9.08. The molecular weight excluding hydrogens is 351 g/mol. The van der Waals surface area contributed by atoms with Crippen LogP contribution in [-0.2, 0) is 22.2 Å². The van der Waals surface area contributed by atoms with E-state index >= 15 is 0 Å². The summed E-state index contributed by atoms with van der Waals surface area (Å²) in [7, 11) is -3.54. The van der Waals surface area contributed by atoms with Gasteiger partial charge in [0.1, 0.15) is 5.82 Å². The van der Waals surface area contributed by atoms with Crippen LogP contribution in [0.1, 0.15) is 11.1 Å². The zero-order valence-electron chi connectivity index (χ0n) is 13.3. The molecule has 0 aliphatic heterocycles. The van der Waals surface area contributed by atoms with Crippen molar-refractivity contribution < 1.29 is 12.8 Å². The van der Waals surface area contributed by atoms with Crippen molar-refractivity contribution in [1.29, 1.82) is 0 Å². The zero-order valence-corrected chi connectivity index (χ0v) is 14.9. The van der Waals surface area contributed by atoms with Crippen molar-refractivity contribution in [2.45, 2.75) is 12.2 Å². The van der Waals surface area contributed by atoms with Gasteiger partial charge in [0.25, 0.3) is 0 Å². The Balaban J connectivity index is 0.00000288. The number of rotatable bonds is 8. The molecule has 0 aliphatic rings. The molecule has 0 bridgehead atoms. The van der Waals surface area contributed by atoms with Crippen molar-refractivity contribution in [1.82, 2.24) is 4.31 Å². The number of nitrogens with two attached hydrogens (primary N) is 1. The summed E-state index contributed by atoms with van der Waals surface area (Å²) in [6.45, 7) is 0.862. The minimum Gasteiger partial charge on any atom is -0.329 e. The third kappa shape index (κ3) is 6.20. The molecule has 0 saturated carbocycles. The van der Waals surface area contributed by atoms with Crippen molar-refractivity contribution in [2.24, 2.45) is 5.73 Å². The summed E-state index contributed by atoms with van der Waals surface area (Å²) in [6, 6.07) is 15.3. The minimum absolute atomic E-state index is 0. The predicted octanol–water partition coefficient (Wildman–Crippen LogP) is 2.58. The monoisotopic (exact) mass is 372 g/mol. The maximum atomic E-state index is 13.2. The molecule has 0 radical (unpaired) electrons. The summed E-state index contributed by atoms with van der Waals surface area (Å²) in [4.78, 5) is 0. The Labute approximate surface area is 148 Å². The van der Waals surface area contributed by atoms with Crippen molar-refractivity contribution in [3.05, 3.63) is 71.5 Å². The summed E-state index contributed by atoms with van der Waals surface area (Å²) >= 11 is 0. The van der Waals surface area contributed by atoms with Gasteiger partial charge in [-0.2, -0.15) is 0 Å². The molecule has 0 heterocycles. The first-order valence-electron chi connectivity index (χ1n) is 7.47. The molecule has 0 fully saturated rings. The van der Waals surface area contributed by atoms with Crippen LogP contribution in [0.2, 0.25) is 0 Å². The largest absolute Gasteiger partial charge is 0.329 e. The average molecular weight is 373 g/mol. The molecule has 2 N–H and O–H groups in total. The number of hydrogen-bond acceptors (Lipinski definition) is 3. The Kier molecular flexibility index (Phi) is 8.35. The molecule has 132 valence electrons. The van der Waals surface area contributed by atoms with Crippen LogP contribution in [-0.4, -0.2) is 32.4 Å². The number of hydrogen-bond donors (Lipinski definition) is 1. The van der Waals surface area contributed by atoms with E-state index in [4.69, 9.17) is 5.73 Å². The summed E-state index contributed by atoms with van der Waals surface area (Å²) in [6.07, 6.45) is 0.614. The van der Waals surface area contributed by atoms with Gasteiger partial charge in [-0.15, -0.1) is 12.4 Å². The van der Waals surface area contributed by atoms with Crippen LogP contribution in [0, 0.1) is 5.82 Å². The zero-order chi connectivity index (χ0) is 16.7. The van der Waals surface area contributed by atoms with Crippen LogP contribution in [0.15, 0.2) is 54.6 Å². The van der Waals surface area contributed by atoms with E-state index in [-0.39, 0.29) is 31.2 Å². The fourth-order valence-corrected chi connectivity index (χ4v) is 3.90. The van der Waals surface area contributed by atoms with E-state index in [1.807, 2.05) is 30.3 Å². The van der Waals surface area contributed by atoms with Gasteiger partial charge in [-0.3, -0.25) is 0 Å². The lowest BCUT2D eigenvalue weighted by molar-refractivity contribution is 0.421. The molecule has 7 heteroatoms. The van der Waals surface area contributed by atoms with Gasteiger partial charge < -0.3 is 5.73 Å². The molecule has 0 atom stereocenters. The Morgan fingerprint density at radius 3 is 2.25 bits per heavy atom. The van der Waals surface area contributed by atoms with Gasteiger partial charge >= 0.3 is 0 Å². The molecule has 0 amide bonds. The van der Waals surface area contributed by atoms with E-state index in [0.717, 1.165) is 5.56 Å². The molecular formula is C17H22ClFN2O2S. The Morgan fingerprint density at radius 2 is 1.62 bits per heavy atom. The SMILES string of the molecule is Cl.NCCN(CCc1ccccc1)S(=O)(=O)Cc1cccc(F)c1. The van der Waals surface area contributed by atoms with E-state index in [0.29, 0.717) is 18.5 Å². The smallest absolute Gasteiger partial charge is 0.218 e. The van der Waals surface area contributed by atoms with Crippen molar-refractivity contribution in [3.63, 3.8) is 0 Å². The number of halogens is 2. The molecule has 0 aromatic heterocycles. The van der Waals surface area contributed by atoms with E-state index in [1.165, 1.54) is 22.5 Å². The van der Waals surface area contributed by atoms with E-state index in [9.17, 15) is 12.8 Å². The third-order valence-electron chi connectivity index (χ3n) is 3.50. The molecule has 0 spiro atoms. The molecule has 0 saturated heterocycles. The van der Waals surface area contributed by atoms with Crippen LogP contribution in [0.25, 0.3) is 0 Å². The van der Waals surface area contributed by atoms with Crippen LogP contribution < -0.4 is 5.73 Å². The van der Waals surface area contributed by atoms with Gasteiger partial charge in [-0.25, -0.2) is 17.1 Å². The number of nitrogens with zero attached hydrogens (tertiary/aromatic N) is 1. The number of benzene rings is 2.